The zero-order valence-corrected chi connectivity index (χ0v) is 16.1. The molecule has 23 heavy (non-hydrogen) atoms. The second-order valence-electron chi connectivity index (χ2n) is 6.19. The second kappa shape index (κ2) is 10.4. The van der Waals surface area contributed by atoms with Crippen molar-refractivity contribution in [1.29, 1.82) is 0 Å². The van der Waals surface area contributed by atoms with Gasteiger partial charge in [0.25, 0.3) is 5.91 Å². The summed E-state index contributed by atoms with van der Waals surface area (Å²) in [5.41, 5.74) is 1.66. The predicted molar refractivity (Wildman–Crippen MR) is 96.9 cm³/mol. The van der Waals surface area contributed by atoms with Crippen LogP contribution in [0.3, 0.4) is 0 Å². The summed E-state index contributed by atoms with van der Waals surface area (Å²) in [4.78, 5) is 18.7. The van der Waals surface area contributed by atoms with Gasteiger partial charge >= 0.3 is 0 Å². The quantitative estimate of drug-likeness (QED) is 0.757. The van der Waals surface area contributed by atoms with Gasteiger partial charge in [0, 0.05) is 37.5 Å². The number of carbonyl (C=O) groups excluding carboxylic acids is 1. The van der Waals surface area contributed by atoms with E-state index in [-0.39, 0.29) is 11.3 Å². The van der Waals surface area contributed by atoms with Crippen LogP contribution in [-0.4, -0.2) is 42.6 Å². The van der Waals surface area contributed by atoms with Crippen molar-refractivity contribution in [3.8, 4) is 0 Å². The predicted octanol–water partition coefficient (Wildman–Crippen LogP) is 4.15. The molecule has 0 saturated heterocycles. The van der Waals surface area contributed by atoms with E-state index in [2.05, 4.69) is 32.7 Å². The summed E-state index contributed by atoms with van der Waals surface area (Å²) in [5.74, 6) is 0.497. The number of rotatable bonds is 7. The number of carbonyl (C=O) groups is 1. The molecule has 1 rings (SSSR count). The Hall–Kier alpha value is -1.42. The molecule has 0 aliphatic rings. The number of pyridine rings is 1. The van der Waals surface area contributed by atoms with E-state index >= 15 is 0 Å². The van der Waals surface area contributed by atoms with Crippen molar-refractivity contribution in [2.75, 3.05) is 26.8 Å². The van der Waals surface area contributed by atoms with Crippen LogP contribution in [-0.2, 0) is 10.2 Å². The number of methoxy groups -OCH3 is 1. The Labute approximate surface area is 142 Å². The van der Waals surface area contributed by atoms with Gasteiger partial charge in [-0.2, -0.15) is 0 Å². The van der Waals surface area contributed by atoms with Crippen molar-refractivity contribution in [1.82, 2.24) is 9.88 Å². The average molecular weight is 322 g/mol. The maximum absolute atomic E-state index is 12.4. The molecule has 0 unspecified atom stereocenters. The van der Waals surface area contributed by atoms with Crippen molar-refractivity contribution in [2.24, 2.45) is 5.92 Å². The first-order chi connectivity index (χ1) is 10.8. The molecule has 0 aromatic carbocycles. The zero-order chi connectivity index (χ0) is 18.0. The van der Waals surface area contributed by atoms with E-state index < -0.39 is 0 Å². The number of amides is 1. The molecule has 4 nitrogen and oxygen atoms in total. The average Bonchev–Trinajstić information content (AvgIpc) is 2.57. The van der Waals surface area contributed by atoms with Crippen LogP contribution < -0.4 is 0 Å². The van der Waals surface area contributed by atoms with E-state index in [4.69, 9.17) is 4.74 Å². The first kappa shape index (κ1) is 21.6. The number of ether oxygens (including phenoxy) is 1. The second-order valence-corrected chi connectivity index (χ2v) is 6.19. The lowest BCUT2D eigenvalue weighted by atomic mass is 9.78. The molecule has 4 heteroatoms. The highest BCUT2D eigenvalue weighted by Crippen LogP contribution is 2.29. The third kappa shape index (κ3) is 5.94. The lowest BCUT2D eigenvalue weighted by molar-refractivity contribution is 0.0706. The largest absolute Gasteiger partial charge is 0.383 e. The number of aromatic nitrogens is 1. The highest BCUT2D eigenvalue weighted by Gasteiger charge is 2.26. The van der Waals surface area contributed by atoms with Crippen LogP contribution in [0.2, 0.25) is 0 Å². The van der Waals surface area contributed by atoms with E-state index in [1.54, 1.807) is 18.2 Å². The summed E-state index contributed by atoms with van der Waals surface area (Å²) in [7, 11) is 1.64. The molecular formula is C19H34N2O2. The van der Waals surface area contributed by atoms with Crippen LogP contribution in [0.4, 0.5) is 0 Å². The molecule has 1 aromatic heterocycles. The minimum absolute atomic E-state index is 0.00206. The summed E-state index contributed by atoms with van der Waals surface area (Å²) in [5, 5.41) is 0. The van der Waals surface area contributed by atoms with Crippen molar-refractivity contribution >= 4 is 5.91 Å². The molecular weight excluding hydrogens is 288 g/mol. The number of hydrogen-bond donors (Lipinski definition) is 0. The van der Waals surface area contributed by atoms with E-state index in [1.165, 1.54) is 0 Å². The molecule has 0 radical (unpaired) electrons. The SMILES string of the molecule is CC.CCN(CCOC)C(=O)c1ccc(C(C)(C)C(C)C)nc1. The maximum atomic E-state index is 12.4. The zero-order valence-electron chi connectivity index (χ0n) is 16.1. The topological polar surface area (TPSA) is 42.4 Å². The van der Waals surface area contributed by atoms with Gasteiger partial charge in [-0.05, 0) is 25.0 Å². The van der Waals surface area contributed by atoms with Crippen molar-refractivity contribution in [3.63, 3.8) is 0 Å². The van der Waals surface area contributed by atoms with Gasteiger partial charge in [0.1, 0.15) is 0 Å². The number of hydrogen-bond acceptors (Lipinski definition) is 3. The molecule has 1 aromatic rings. The van der Waals surface area contributed by atoms with Crippen LogP contribution in [0.5, 0.6) is 0 Å². The van der Waals surface area contributed by atoms with Crippen LogP contribution in [0, 0.1) is 5.92 Å². The van der Waals surface area contributed by atoms with Crippen molar-refractivity contribution < 1.29 is 9.53 Å². The fraction of sp³-hybridized carbons (Fsp3) is 0.684. The summed E-state index contributed by atoms with van der Waals surface area (Å²) in [6, 6.07) is 3.85. The summed E-state index contributed by atoms with van der Waals surface area (Å²) in [6.45, 7) is 16.5. The molecule has 1 heterocycles. The molecule has 0 bridgehead atoms. The third-order valence-corrected chi connectivity index (χ3v) is 4.35. The lowest BCUT2D eigenvalue weighted by Gasteiger charge is -2.28. The monoisotopic (exact) mass is 322 g/mol. The summed E-state index contributed by atoms with van der Waals surface area (Å²) < 4.78 is 5.04. The highest BCUT2D eigenvalue weighted by atomic mass is 16.5. The van der Waals surface area contributed by atoms with E-state index in [0.717, 1.165) is 5.69 Å². The van der Waals surface area contributed by atoms with Gasteiger partial charge in [-0.1, -0.05) is 41.5 Å². The maximum Gasteiger partial charge on any atom is 0.255 e. The molecule has 0 spiro atoms. The Morgan fingerprint density at radius 3 is 2.30 bits per heavy atom. The molecule has 0 fully saturated rings. The van der Waals surface area contributed by atoms with Crippen LogP contribution in [0.25, 0.3) is 0 Å². The fourth-order valence-electron chi connectivity index (χ4n) is 1.98. The Balaban J connectivity index is 0.00000232. The normalized spacial score (nSPS) is 11.0. The van der Waals surface area contributed by atoms with Gasteiger partial charge in [-0.25, -0.2) is 0 Å². The molecule has 0 atom stereocenters. The summed E-state index contributed by atoms with van der Waals surface area (Å²) in [6.07, 6.45) is 1.69. The minimum atomic E-state index is 0.00206. The van der Waals surface area contributed by atoms with Crippen LogP contribution in [0.15, 0.2) is 18.3 Å². The standard InChI is InChI=1S/C17H28N2O2.C2H6/c1-7-19(10-11-21-6)16(20)14-8-9-15(18-12-14)17(4,5)13(2)3;1-2/h8-9,12-13H,7,10-11H2,1-6H3;1-2H3. The van der Waals surface area contributed by atoms with Crippen LogP contribution in [0.1, 0.15) is 64.5 Å². The lowest BCUT2D eigenvalue weighted by Crippen LogP contribution is -2.34. The van der Waals surface area contributed by atoms with Gasteiger partial charge in [0.15, 0.2) is 0 Å². The first-order valence-electron chi connectivity index (χ1n) is 8.59. The Bertz CT molecular complexity index is 453. The fourth-order valence-corrected chi connectivity index (χ4v) is 1.98. The van der Waals surface area contributed by atoms with Crippen LogP contribution >= 0.6 is 0 Å². The first-order valence-corrected chi connectivity index (χ1v) is 8.59. The van der Waals surface area contributed by atoms with Crippen molar-refractivity contribution in [3.05, 3.63) is 29.6 Å². The smallest absolute Gasteiger partial charge is 0.255 e. The molecule has 0 aliphatic carbocycles. The highest BCUT2D eigenvalue weighted by molar-refractivity contribution is 5.93. The summed E-state index contributed by atoms with van der Waals surface area (Å²) >= 11 is 0. The van der Waals surface area contributed by atoms with E-state index in [9.17, 15) is 4.79 Å². The minimum Gasteiger partial charge on any atom is -0.383 e. The number of likely N-dealkylation sites (N-methyl/N-ethyl adjacent to an activating group) is 1. The van der Waals surface area contributed by atoms with Gasteiger partial charge in [-0.15, -0.1) is 0 Å². The van der Waals surface area contributed by atoms with Gasteiger partial charge < -0.3 is 9.64 Å². The molecule has 132 valence electrons. The molecule has 0 aliphatic heterocycles. The van der Waals surface area contributed by atoms with Gasteiger partial charge in [0.2, 0.25) is 0 Å². The van der Waals surface area contributed by atoms with Gasteiger partial charge in [0.05, 0.1) is 12.2 Å². The van der Waals surface area contributed by atoms with Crippen molar-refractivity contribution in [2.45, 2.75) is 53.9 Å². The van der Waals surface area contributed by atoms with Gasteiger partial charge in [-0.3, -0.25) is 9.78 Å². The van der Waals surface area contributed by atoms with E-state index in [0.29, 0.717) is 31.2 Å². The third-order valence-electron chi connectivity index (χ3n) is 4.35. The molecule has 1 amide bonds. The van der Waals surface area contributed by atoms with E-state index in [1.807, 2.05) is 32.9 Å². The number of nitrogens with zero attached hydrogens (tertiary/aromatic N) is 2. The molecule has 0 N–H and O–H groups in total. The molecule has 0 saturated carbocycles. The Morgan fingerprint density at radius 1 is 1.30 bits per heavy atom. The Morgan fingerprint density at radius 2 is 1.91 bits per heavy atom. The Kier molecular flexibility index (Phi) is 9.73.